The van der Waals surface area contributed by atoms with Crippen molar-refractivity contribution in [3.05, 3.63) is 69.2 Å². The number of benzene rings is 2. The van der Waals surface area contributed by atoms with Crippen LogP contribution in [0.1, 0.15) is 45.0 Å². The van der Waals surface area contributed by atoms with E-state index in [0.717, 1.165) is 0 Å². The van der Waals surface area contributed by atoms with Gasteiger partial charge in [-0.15, -0.1) is 0 Å². The van der Waals surface area contributed by atoms with Gasteiger partial charge in [0.25, 0.3) is 5.56 Å². The largest absolute Gasteiger partial charge is 0.268 e. The molecule has 0 aliphatic heterocycles. The molecule has 132 valence electrons. The fourth-order valence-electron chi connectivity index (χ4n) is 2.85. The van der Waals surface area contributed by atoms with Crippen LogP contribution in [0.3, 0.4) is 0 Å². The molecule has 3 aromatic rings. The van der Waals surface area contributed by atoms with Gasteiger partial charge in [0.05, 0.1) is 33.2 Å². The number of nitrogens with zero attached hydrogens (tertiary/aromatic N) is 3. The first kappa shape index (κ1) is 18.2. The smallest absolute Gasteiger partial charge is 0.267 e. The molecule has 2 aromatic carbocycles. The molecule has 26 heavy (non-hydrogen) atoms. The second kappa shape index (κ2) is 6.59. The molecular weight excluding hydrogens is 346 g/mol. The normalized spacial score (nSPS) is 12.8. The second-order valence-corrected chi connectivity index (χ2v) is 7.90. The lowest BCUT2D eigenvalue weighted by Gasteiger charge is -2.29. The lowest BCUT2D eigenvalue weighted by atomic mass is 9.81. The molecule has 0 aliphatic rings. The molecule has 1 heterocycles. The third-order valence-corrected chi connectivity index (χ3v) is 5.11. The van der Waals surface area contributed by atoms with Crippen molar-refractivity contribution < 1.29 is 0 Å². The summed E-state index contributed by atoms with van der Waals surface area (Å²) in [5, 5.41) is 9.99. The van der Waals surface area contributed by atoms with Gasteiger partial charge in [-0.05, 0) is 35.7 Å². The van der Waals surface area contributed by atoms with Crippen molar-refractivity contribution >= 4 is 22.5 Å². The highest BCUT2D eigenvalue weighted by atomic mass is 35.5. The highest BCUT2D eigenvalue weighted by molar-refractivity contribution is 6.35. The third kappa shape index (κ3) is 3.11. The molecule has 0 aliphatic carbocycles. The Morgan fingerprint density at radius 1 is 1.19 bits per heavy atom. The minimum Gasteiger partial charge on any atom is -0.268 e. The van der Waals surface area contributed by atoms with Crippen molar-refractivity contribution in [3.63, 3.8) is 0 Å². The van der Waals surface area contributed by atoms with Crippen LogP contribution in [0.2, 0.25) is 5.02 Å². The molecule has 1 atom stereocenters. The third-order valence-electron chi connectivity index (χ3n) is 4.79. The van der Waals surface area contributed by atoms with Gasteiger partial charge in [-0.2, -0.15) is 5.26 Å². The molecule has 0 saturated carbocycles. The molecule has 1 unspecified atom stereocenters. The Kier molecular flexibility index (Phi) is 4.60. The predicted octanol–water partition coefficient (Wildman–Crippen LogP) is 5.06. The number of fused-ring (bicyclic) bond motifs is 1. The van der Waals surface area contributed by atoms with Crippen molar-refractivity contribution in [1.29, 1.82) is 5.26 Å². The molecule has 0 amide bonds. The number of rotatable bonds is 2. The van der Waals surface area contributed by atoms with Gasteiger partial charge in [0.2, 0.25) is 0 Å². The summed E-state index contributed by atoms with van der Waals surface area (Å²) in [6, 6.07) is 14.4. The van der Waals surface area contributed by atoms with Gasteiger partial charge >= 0.3 is 0 Å². The Balaban J connectivity index is 2.45. The molecule has 0 spiro atoms. The average Bonchev–Trinajstić information content (AvgIpc) is 2.60. The van der Waals surface area contributed by atoms with Gasteiger partial charge in [-0.25, -0.2) is 4.98 Å². The summed E-state index contributed by atoms with van der Waals surface area (Å²) in [7, 11) is 0. The van der Waals surface area contributed by atoms with E-state index in [0.29, 0.717) is 33.0 Å². The first-order valence-corrected chi connectivity index (χ1v) is 8.83. The Morgan fingerprint density at radius 3 is 2.54 bits per heavy atom. The summed E-state index contributed by atoms with van der Waals surface area (Å²) < 4.78 is 1.59. The van der Waals surface area contributed by atoms with E-state index >= 15 is 0 Å². The summed E-state index contributed by atoms with van der Waals surface area (Å²) >= 11 is 6.30. The molecule has 4 nitrogen and oxygen atoms in total. The predicted molar refractivity (Wildman–Crippen MR) is 105 cm³/mol. The van der Waals surface area contributed by atoms with Crippen molar-refractivity contribution in [2.45, 2.75) is 33.6 Å². The van der Waals surface area contributed by atoms with Crippen LogP contribution in [-0.2, 0) is 0 Å². The Labute approximate surface area is 157 Å². The van der Waals surface area contributed by atoms with Crippen LogP contribution >= 0.6 is 11.6 Å². The van der Waals surface area contributed by atoms with E-state index in [-0.39, 0.29) is 16.9 Å². The van der Waals surface area contributed by atoms with Crippen LogP contribution in [0.25, 0.3) is 16.6 Å². The zero-order valence-corrected chi connectivity index (χ0v) is 16.0. The molecule has 0 radical (unpaired) electrons. The number of aromatic nitrogens is 2. The van der Waals surface area contributed by atoms with Gasteiger partial charge in [0, 0.05) is 5.92 Å². The van der Waals surface area contributed by atoms with Crippen LogP contribution in [0, 0.1) is 16.7 Å². The van der Waals surface area contributed by atoms with Crippen LogP contribution in [0.5, 0.6) is 0 Å². The van der Waals surface area contributed by atoms with Crippen molar-refractivity contribution in [2.75, 3.05) is 0 Å². The summed E-state index contributed by atoms with van der Waals surface area (Å²) in [5.74, 6) is 0.664. The molecular formula is C21H20ClN3O. The summed E-state index contributed by atoms with van der Waals surface area (Å²) in [6.07, 6.45) is 0. The van der Waals surface area contributed by atoms with Crippen LogP contribution in [0.4, 0.5) is 0 Å². The topological polar surface area (TPSA) is 58.7 Å². The van der Waals surface area contributed by atoms with Crippen LogP contribution in [0.15, 0.2) is 47.3 Å². The second-order valence-electron chi connectivity index (χ2n) is 7.49. The van der Waals surface area contributed by atoms with E-state index in [4.69, 9.17) is 16.6 Å². The highest BCUT2D eigenvalue weighted by Gasteiger charge is 2.28. The molecule has 5 heteroatoms. The number of halogens is 1. The maximum Gasteiger partial charge on any atom is 0.267 e. The number of nitriles is 1. The molecule has 0 N–H and O–H groups in total. The van der Waals surface area contributed by atoms with Crippen LogP contribution in [-0.4, -0.2) is 9.55 Å². The van der Waals surface area contributed by atoms with Gasteiger partial charge in [-0.1, -0.05) is 51.4 Å². The SMILES string of the molecule is CC(c1nc2cccc(Cl)c2c(=O)n1-c1cccc(C#N)c1)C(C)(C)C. The van der Waals surface area contributed by atoms with E-state index in [1.54, 1.807) is 41.0 Å². The fourth-order valence-corrected chi connectivity index (χ4v) is 3.10. The molecule has 1 aromatic heterocycles. The zero-order valence-electron chi connectivity index (χ0n) is 15.2. The lowest BCUT2D eigenvalue weighted by molar-refractivity contribution is 0.324. The van der Waals surface area contributed by atoms with Gasteiger partial charge < -0.3 is 0 Å². The minimum absolute atomic E-state index is 0.00400. The fraction of sp³-hybridized carbons (Fsp3) is 0.286. The van der Waals surface area contributed by atoms with E-state index in [9.17, 15) is 10.1 Å². The van der Waals surface area contributed by atoms with Crippen molar-refractivity contribution in [2.24, 2.45) is 5.41 Å². The summed E-state index contributed by atoms with van der Waals surface area (Å²) in [5.41, 5.74) is 1.38. The monoisotopic (exact) mass is 365 g/mol. The lowest BCUT2D eigenvalue weighted by Crippen LogP contribution is -2.29. The standard InChI is InChI=1S/C21H20ClN3O/c1-13(21(2,3)4)19-24-17-10-6-9-16(22)18(17)20(26)25(19)15-8-5-7-14(11-15)12-23/h5-11,13H,1-4H3. The summed E-state index contributed by atoms with van der Waals surface area (Å²) in [6.45, 7) is 8.40. The number of hydrogen-bond donors (Lipinski definition) is 0. The maximum absolute atomic E-state index is 13.4. The van der Waals surface area contributed by atoms with E-state index in [1.807, 2.05) is 6.07 Å². The van der Waals surface area contributed by atoms with Gasteiger partial charge in [0.15, 0.2) is 0 Å². The van der Waals surface area contributed by atoms with E-state index < -0.39 is 0 Å². The molecule has 0 fully saturated rings. The molecule has 0 bridgehead atoms. The maximum atomic E-state index is 13.4. The highest BCUT2D eigenvalue weighted by Crippen LogP contribution is 2.35. The minimum atomic E-state index is -0.221. The van der Waals surface area contributed by atoms with Gasteiger partial charge in [0.1, 0.15) is 5.82 Å². The molecule has 0 saturated heterocycles. The van der Waals surface area contributed by atoms with Crippen molar-refractivity contribution in [1.82, 2.24) is 9.55 Å². The van der Waals surface area contributed by atoms with E-state index in [1.165, 1.54) is 0 Å². The Bertz CT molecular complexity index is 1090. The van der Waals surface area contributed by atoms with E-state index in [2.05, 4.69) is 33.8 Å². The zero-order chi connectivity index (χ0) is 19.1. The molecule has 3 rings (SSSR count). The van der Waals surface area contributed by atoms with Crippen molar-refractivity contribution in [3.8, 4) is 11.8 Å². The first-order chi connectivity index (χ1) is 12.2. The average molecular weight is 366 g/mol. The Morgan fingerprint density at radius 2 is 1.88 bits per heavy atom. The quantitative estimate of drug-likeness (QED) is 0.637. The summed E-state index contributed by atoms with van der Waals surface area (Å²) in [4.78, 5) is 18.1. The number of hydrogen-bond acceptors (Lipinski definition) is 3. The van der Waals surface area contributed by atoms with Gasteiger partial charge in [-0.3, -0.25) is 9.36 Å². The van der Waals surface area contributed by atoms with Crippen LogP contribution < -0.4 is 5.56 Å². The Hall–Kier alpha value is -2.64. The first-order valence-electron chi connectivity index (χ1n) is 8.45.